The van der Waals surface area contributed by atoms with Crippen LogP contribution in [0.15, 0.2) is 71.8 Å². The largest absolute Gasteiger partial charge is 0.324 e. The number of imide groups is 1. The lowest BCUT2D eigenvalue weighted by Crippen LogP contribution is -2.48. The van der Waals surface area contributed by atoms with Crippen LogP contribution in [0.1, 0.15) is 5.56 Å². The number of nitrogens with zero attached hydrogens (tertiary/aromatic N) is 1. The van der Waals surface area contributed by atoms with E-state index in [1.54, 1.807) is 24.3 Å². The maximum Gasteiger partial charge on any atom is 0.273 e. The second-order valence-corrected chi connectivity index (χ2v) is 5.97. The molecule has 3 amide bonds. The second kappa shape index (κ2) is 7.32. The summed E-state index contributed by atoms with van der Waals surface area (Å²) in [4.78, 5) is 38.1. The first-order valence-electron chi connectivity index (χ1n) is 7.71. The van der Waals surface area contributed by atoms with Gasteiger partial charge in [0.2, 0.25) is 5.91 Å². The summed E-state index contributed by atoms with van der Waals surface area (Å²) in [6.07, 6.45) is 1.24. The number of hydrogen-bond donors (Lipinski definition) is 1. The van der Waals surface area contributed by atoms with E-state index >= 15 is 0 Å². The molecule has 1 unspecified atom stereocenters. The average molecular weight is 355 g/mol. The van der Waals surface area contributed by atoms with E-state index in [0.717, 1.165) is 16.5 Å². The van der Waals surface area contributed by atoms with Gasteiger partial charge in [0.15, 0.2) is 0 Å². The van der Waals surface area contributed by atoms with Gasteiger partial charge in [-0.25, -0.2) is 0 Å². The van der Waals surface area contributed by atoms with E-state index in [-0.39, 0.29) is 11.5 Å². The molecular weight excluding hydrogens is 340 g/mol. The van der Waals surface area contributed by atoms with E-state index in [1.165, 1.54) is 0 Å². The van der Waals surface area contributed by atoms with Crippen LogP contribution in [0.2, 0.25) is 0 Å². The van der Waals surface area contributed by atoms with E-state index in [4.69, 9.17) is 11.6 Å². The van der Waals surface area contributed by atoms with Gasteiger partial charge in [-0.1, -0.05) is 60.1 Å². The zero-order valence-electron chi connectivity index (χ0n) is 13.2. The van der Waals surface area contributed by atoms with Crippen molar-refractivity contribution in [2.24, 2.45) is 0 Å². The number of para-hydroxylation sites is 1. The number of carbonyl (C=O) groups excluding carboxylic acids is 3. The number of hydrogen-bond acceptors (Lipinski definition) is 3. The fraction of sp³-hybridized carbons (Fsp3) is 0.105. The lowest BCUT2D eigenvalue weighted by atomic mass is 10.0. The highest BCUT2D eigenvalue weighted by atomic mass is 35.5. The van der Waals surface area contributed by atoms with Gasteiger partial charge >= 0.3 is 0 Å². The van der Waals surface area contributed by atoms with Crippen LogP contribution in [0.5, 0.6) is 0 Å². The monoisotopic (exact) mass is 354 g/mol. The molecule has 1 aliphatic rings. The van der Waals surface area contributed by atoms with Crippen molar-refractivity contribution in [3.63, 3.8) is 0 Å². The molecule has 0 spiro atoms. The molecule has 0 saturated carbocycles. The molecule has 0 aromatic heterocycles. The standard InChI is InChI=1S/C19H15ClN2O3/c20-15-12-17(23)22(19(15)25)16(11-13-7-3-1-4-8-13)18(24)21-14-9-5-2-6-10-14/h1-10,12,16H,11H2,(H,21,24). The molecule has 0 fully saturated rings. The van der Waals surface area contributed by atoms with Gasteiger partial charge in [0.05, 0.1) is 0 Å². The summed E-state index contributed by atoms with van der Waals surface area (Å²) < 4.78 is 0. The summed E-state index contributed by atoms with van der Waals surface area (Å²) in [6.45, 7) is 0. The van der Waals surface area contributed by atoms with Crippen molar-refractivity contribution in [2.75, 3.05) is 5.32 Å². The van der Waals surface area contributed by atoms with Gasteiger partial charge in [-0.2, -0.15) is 0 Å². The molecule has 2 aromatic carbocycles. The highest BCUT2D eigenvalue weighted by Crippen LogP contribution is 2.22. The summed E-state index contributed by atoms with van der Waals surface area (Å²) in [6, 6.07) is 17.1. The highest BCUT2D eigenvalue weighted by Gasteiger charge is 2.39. The Morgan fingerprint density at radius 3 is 2.16 bits per heavy atom. The molecule has 2 aromatic rings. The number of carbonyl (C=O) groups is 3. The molecule has 25 heavy (non-hydrogen) atoms. The Kier molecular flexibility index (Phi) is 4.95. The zero-order valence-corrected chi connectivity index (χ0v) is 13.9. The fourth-order valence-electron chi connectivity index (χ4n) is 2.64. The summed E-state index contributed by atoms with van der Waals surface area (Å²) >= 11 is 5.78. The van der Waals surface area contributed by atoms with Crippen molar-refractivity contribution in [3.8, 4) is 0 Å². The Morgan fingerprint density at radius 1 is 1.00 bits per heavy atom. The van der Waals surface area contributed by atoms with Gasteiger partial charge in [0.25, 0.3) is 11.8 Å². The lowest BCUT2D eigenvalue weighted by molar-refractivity contribution is -0.144. The van der Waals surface area contributed by atoms with Crippen molar-refractivity contribution in [2.45, 2.75) is 12.5 Å². The highest BCUT2D eigenvalue weighted by molar-refractivity contribution is 6.47. The topological polar surface area (TPSA) is 66.5 Å². The molecule has 0 radical (unpaired) electrons. The third-order valence-electron chi connectivity index (χ3n) is 3.84. The molecule has 1 atom stereocenters. The van der Waals surface area contributed by atoms with Gasteiger partial charge in [-0.05, 0) is 17.7 Å². The maximum absolute atomic E-state index is 12.8. The molecule has 1 N–H and O–H groups in total. The van der Waals surface area contributed by atoms with E-state index in [2.05, 4.69) is 5.32 Å². The first-order valence-corrected chi connectivity index (χ1v) is 8.08. The molecule has 0 aliphatic carbocycles. The van der Waals surface area contributed by atoms with Crippen LogP contribution < -0.4 is 5.32 Å². The molecule has 5 nitrogen and oxygen atoms in total. The number of halogens is 1. The minimum atomic E-state index is -0.991. The average Bonchev–Trinajstić information content (AvgIpc) is 2.87. The molecule has 126 valence electrons. The minimum absolute atomic E-state index is 0.185. The van der Waals surface area contributed by atoms with E-state index in [1.807, 2.05) is 36.4 Å². The molecule has 3 rings (SSSR count). The Bertz CT molecular complexity index is 834. The summed E-state index contributed by atoms with van der Waals surface area (Å²) in [7, 11) is 0. The normalized spacial score (nSPS) is 15.1. The smallest absolute Gasteiger partial charge is 0.273 e. The third kappa shape index (κ3) is 3.78. The summed E-state index contributed by atoms with van der Waals surface area (Å²) in [5.74, 6) is -1.69. The summed E-state index contributed by atoms with van der Waals surface area (Å²) in [5, 5.41) is 2.56. The van der Waals surface area contributed by atoms with E-state index < -0.39 is 23.8 Å². The van der Waals surface area contributed by atoms with Crippen LogP contribution in [-0.4, -0.2) is 28.7 Å². The maximum atomic E-state index is 12.8. The van der Waals surface area contributed by atoms with Gasteiger partial charge in [-0.3, -0.25) is 19.3 Å². The van der Waals surface area contributed by atoms with Gasteiger partial charge in [-0.15, -0.1) is 0 Å². The Balaban J connectivity index is 1.88. The SMILES string of the molecule is O=C(Nc1ccccc1)C(Cc1ccccc1)N1C(=O)C=C(Cl)C1=O. The minimum Gasteiger partial charge on any atom is -0.324 e. The number of nitrogens with one attached hydrogen (secondary N) is 1. The molecular formula is C19H15ClN2O3. The van der Waals surface area contributed by atoms with Crippen LogP contribution in [-0.2, 0) is 20.8 Å². The van der Waals surface area contributed by atoms with Crippen LogP contribution >= 0.6 is 11.6 Å². The fourth-order valence-corrected chi connectivity index (χ4v) is 2.82. The number of amides is 3. The van der Waals surface area contributed by atoms with Crippen molar-refractivity contribution in [3.05, 3.63) is 77.3 Å². The van der Waals surface area contributed by atoms with E-state index in [9.17, 15) is 14.4 Å². The van der Waals surface area contributed by atoms with Crippen molar-refractivity contribution in [1.29, 1.82) is 0 Å². The van der Waals surface area contributed by atoms with Crippen LogP contribution in [0.25, 0.3) is 0 Å². The first-order chi connectivity index (χ1) is 12.1. The van der Waals surface area contributed by atoms with Crippen molar-refractivity contribution >= 4 is 35.0 Å². The Labute approximate surface area is 149 Å². The van der Waals surface area contributed by atoms with Gasteiger partial charge in [0.1, 0.15) is 11.1 Å². The van der Waals surface area contributed by atoms with Crippen LogP contribution in [0.4, 0.5) is 5.69 Å². The molecule has 6 heteroatoms. The third-order valence-corrected chi connectivity index (χ3v) is 4.11. The quantitative estimate of drug-likeness (QED) is 0.839. The summed E-state index contributed by atoms with van der Waals surface area (Å²) in [5.41, 5.74) is 1.42. The number of anilines is 1. The lowest BCUT2D eigenvalue weighted by Gasteiger charge is -2.25. The van der Waals surface area contributed by atoms with Gasteiger partial charge < -0.3 is 5.32 Å². The Hall–Kier alpha value is -2.92. The molecule has 0 bridgehead atoms. The van der Waals surface area contributed by atoms with Crippen molar-refractivity contribution < 1.29 is 14.4 Å². The Morgan fingerprint density at radius 2 is 1.60 bits per heavy atom. The molecule has 1 heterocycles. The van der Waals surface area contributed by atoms with E-state index in [0.29, 0.717) is 5.69 Å². The van der Waals surface area contributed by atoms with Crippen LogP contribution in [0.3, 0.4) is 0 Å². The predicted octanol–water partition coefficient (Wildman–Crippen LogP) is 2.73. The second-order valence-electron chi connectivity index (χ2n) is 5.57. The van der Waals surface area contributed by atoms with Crippen LogP contribution in [0, 0.1) is 0 Å². The first kappa shape index (κ1) is 16.9. The number of rotatable bonds is 5. The molecule has 1 aliphatic heterocycles. The van der Waals surface area contributed by atoms with Gasteiger partial charge in [0, 0.05) is 18.2 Å². The molecule has 0 saturated heterocycles. The van der Waals surface area contributed by atoms with Crippen molar-refractivity contribution in [1.82, 2.24) is 4.90 Å². The predicted molar refractivity (Wildman–Crippen MR) is 94.8 cm³/mol. The number of benzene rings is 2. The zero-order chi connectivity index (χ0) is 17.8.